The Morgan fingerprint density at radius 2 is 1.85 bits per heavy atom. The van der Waals surface area contributed by atoms with Crippen LogP contribution in [0.15, 0.2) is 15.7 Å². The second-order valence-corrected chi connectivity index (χ2v) is 8.32. The molecule has 8 heteroatoms. The van der Waals surface area contributed by atoms with Crippen molar-refractivity contribution in [3.05, 3.63) is 32.6 Å². The Labute approximate surface area is 157 Å². The average molecular weight is 374 g/mol. The first-order valence-electron chi connectivity index (χ1n) is 9.68. The summed E-state index contributed by atoms with van der Waals surface area (Å²) in [6.07, 6.45) is 4.82. The molecule has 0 radical (unpaired) electrons. The number of likely N-dealkylation sites (tertiary alicyclic amines) is 2. The van der Waals surface area contributed by atoms with Crippen LogP contribution < -0.4 is 11.2 Å². The van der Waals surface area contributed by atoms with Gasteiger partial charge < -0.3 is 9.80 Å². The van der Waals surface area contributed by atoms with Gasteiger partial charge in [-0.05, 0) is 38.0 Å². The lowest BCUT2D eigenvalue weighted by Crippen LogP contribution is -2.51. The molecule has 4 rings (SSSR count). The zero-order valence-electron chi connectivity index (χ0n) is 15.9. The maximum atomic E-state index is 13.1. The van der Waals surface area contributed by atoms with Crippen molar-refractivity contribution in [3.63, 3.8) is 0 Å². The lowest BCUT2D eigenvalue weighted by Gasteiger charge is -2.39. The van der Waals surface area contributed by atoms with Gasteiger partial charge in [0.2, 0.25) is 5.91 Å². The van der Waals surface area contributed by atoms with Crippen molar-refractivity contribution in [1.29, 1.82) is 0 Å². The molecule has 0 aromatic carbocycles. The molecule has 1 spiro atoms. The summed E-state index contributed by atoms with van der Waals surface area (Å²) in [5.74, 6) is 0.475. The van der Waals surface area contributed by atoms with Crippen molar-refractivity contribution in [2.24, 2.45) is 25.4 Å². The van der Waals surface area contributed by atoms with Crippen LogP contribution in [-0.2, 0) is 18.9 Å². The minimum Gasteiger partial charge on any atom is -0.342 e. The fraction of sp³-hybridized carbons (Fsp3) is 0.684. The van der Waals surface area contributed by atoms with Crippen molar-refractivity contribution in [1.82, 2.24) is 18.9 Å². The van der Waals surface area contributed by atoms with Crippen LogP contribution >= 0.6 is 0 Å². The van der Waals surface area contributed by atoms with Gasteiger partial charge in [-0.25, -0.2) is 4.79 Å². The van der Waals surface area contributed by atoms with Crippen molar-refractivity contribution in [2.75, 3.05) is 26.2 Å². The number of amides is 2. The summed E-state index contributed by atoms with van der Waals surface area (Å²) >= 11 is 0. The van der Waals surface area contributed by atoms with Crippen LogP contribution in [0.5, 0.6) is 0 Å². The highest BCUT2D eigenvalue weighted by Crippen LogP contribution is 2.42. The molecule has 0 bridgehead atoms. The van der Waals surface area contributed by atoms with E-state index in [2.05, 4.69) is 0 Å². The van der Waals surface area contributed by atoms with Crippen LogP contribution in [0.25, 0.3) is 0 Å². The highest BCUT2D eigenvalue weighted by atomic mass is 16.2. The Hall–Kier alpha value is -2.38. The largest absolute Gasteiger partial charge is 0.342 e. The molecule has 1 aromatic heterocycles. The van der Waals surface area contributed by atoms with E-state index in [1.165, 1.54) is 37.6 Å². The second-order valence-electron chi connectivity index (χ2n) is 8.32. The van der Waals surface area contributed by atoms with E-state index < -0.39 is 16.7 Å². The number of nitrogens with zero attached hydrogens (tertiary/aromatic N) is 4. The summed E-state index contributed by atoms with van der Waals surface area (Å²) in [5.41, 5.74) is -1.44. The number of carbonyl (C=O) groups excluding carboxylic acids is 2. The Kier molecular flexibility index (Phi) is 4.24. The normalized spacial score (nSPS) is 25.5. The van der Waals surface area contributed by atoms with E-state index in [1.807, 2.05) is 4.90 Å². The molecular formula is C19H26N4O4. The molecule has 3 heterocycles. The number of piperidine rings is 1. The van der Waals surface area contributed by atoms with Gasteiger partial charge in [-0.3, -0.25) is 23.5 Å². The quantitative estimate of drug-likeness (QED) is 0.742. The third-order valence-electron chi connectivity index (χ3n) is 6.39. The zero-order valence-corrected chi connectivity index (χ0v) is 15.9. The van der Waals surface area contributed by atoms with Gasteiger partial charge in [-0.2, -0.15) is 0 Å². The van der Waals surface area contributed by atoms with Gasteiger partial charge in [0, 0.05) is 46.3 Å². The molecule has 2 saturated heterocycles. The first kappa shape index (κ1) is 18.0. The number of carbonyl (C=O) groups is 2. The van der Waals surface area contributed by atoms with E-state index in [4.69, 9.17) is 0 Å². The van der Waals surface area contributed by atoms with Crippen molar-refractivity contribution >= 4 is 11.8 Å². The fourth-order valence-corrected chi connectivity index (χ4v) is 4.46. The van der Waals surface area contributed by atoms with E-state index in [0.29, 0.717) is 25.4 Å². The summed E-state index contributed by atoms with van der Waals surface area (Å²) in [4.78, 5) is 53.8. The van der Waals surface area contributed by atoms with Crippen molar-refractivity contribution in [2.45, 2.75) is 32.1 Å². The Balaban J connectivity index is 1.55. The summed E-state index contributed by atoms with van der Waals surface area (Å²) in [7, 11) is 2.88. The van der Waals surface area contributed by atoms with Gasteiger partial charge in [-0.1, -0.05) is 0 Å². The van der Waals surface area contributed by atoms with E-state index in [0.717, 1.165) is 30.5 Å². The van der Waals surface area contributed by atoms with Gasteiger partial charge >= 0.3 is 5.69 Å². The number of aromatic nitrogens is 2. The Morgan fingerprint density at radius 3 is 2.56 bits per heavy atom. The molecule has 2 aliphatic heterocycles. The molecule has 1 saturated carbocycles. The lowest BCUT2D eigenvalue weighted by molar-refractivity contribution is -0.145. The number of rotatable bonds is 3. The summed E-state index contributed by atoms with van der Waals surface area (Å²) in [6, 6.07) is 1.21. The average Bonchev–Trinajstić information content (AvgIpc) is 3.37. The topological polar surface area (TPSA) is 84.6 Å². The molecular weight excluding hydrogens is 348 g/mol. The van der Waals surface area contributed by atoms with Gasteiger partial charge in [-0.15, -0.1) is 0 Å². The Morgan fingerprint density at radius 1 is 1.11 bits per heavy atom. The predicted molar refractivity (Wildman–Crippen MR) is 98.4 cm³/mol. The van der Waals surface area contributed by atoms with Gasteiger partial charge in [0.1, 0.15) is 5.69 Å². The SMILES string of the molecule is Cn1c(C(=O)N2CCC3(CCCN(CC4CC4)C3=O)C2)cc(=O)n(C)c1=O. The number of hydrogen-bond acceptors (Lipinski definition) is 4. The minimum atomic E-state index is -0.524. The fourth-order valence-electron chi connectivity index (χ4n) is 4.46. The van der Waals surface area contributed by atoms with E-state index >= 15 is 0 Å². The van der Waals surface area contributed by atoms with Gasteiger partial charge in [0.25, 0.3) is 11.5 Å². The minimum absolute atomic E-state index is 0.0817. The second kappa shape index (κ2) is 6.35. The smallest absolute Gasteiger partial charge is 0.331 e. The molecule has 0 N–H and O–H groups in total. The maximum Gasteiger partial charge on any atom is 0.331 e. The maximum absolute atomic E-state index is 13.1. The third kappa shape index (κ3) is 3.00. The molecule has 3 fully saturated rings. The van der Waals surface area contributed by atoms with Crippen molar-refractivity contribution in [3.8, 4) is 0 Å². The number of hydrogen-bond donors (Lipinski definition) is 0. The summed E-state index contributed by atoms with van der Waals surface area (Å²) in [5, 5.41) is 0. The van der Waals surface area contributed by atoms with Crippen LogP contribution in [0.3, 0.4) is 0 Å². The highest BCUT2D eigenvalue weighted by molar-refractivity contribution is 5.94. The molecule has 146 valence electrons. The first-order chi connectivity index (χ1) is 12.8. The van der Waals surface area contributed by atoms with Crippen LogP contribution in [0.2, 0.25) is 0 Å². The molecule has 3 aliphatic rings. The van der Waals surface area contributed by atoms with Crippen LogP contribution in [0.4, 0.5) is 0 Å². The first-order valence-corrected chi connectivity index (χ1v) is 9.68. The van der Waals surface area contributed by atoms with Gasteiger partial charge in [0.05, 0.1) is 5.41 Å². The van der Waals surface area contributed by atoms with Gasteiger partial charge in [0.15, 0.2) is 0 Å². The van der Waals surface area contributed by atoms with Crippen LogP contribution in [0, 0.1) is 11.3 Å². The lowest BCUT2D eigenvalue weighted by atomic mass is 9.78. The standard InChI is InChI=1S/C19H26N4O4/c1-20-14(10-15(24)21(2)18(20)27)16(25)23-9-7-19(12-23)6-3-8-22(17(19)26)11-13-4-5-13/h10,13H,3-9,11-12H2,1-2H3. The molecule has 1 unspecified atom stereocenters. The molecule has 1 aliphatic carbocycles. The summed E-state index contributed by atoms with van der Waals surface area (Å²) < 4.78 is 2.18. The molecule has 8 nitrogen and oxygen atoms in total. The van der Waals surface area contributed by atoms with E-state index in [1.54, 1.807) is 4.90 Å². The zero-order chi connectivity index (χ0) is 19.3. The predicted octanol–water partition coefficient (Wildman–Crippen LogP) is -0.0513. The Bertz CT molecular complexity index is 913. The molecule has 27 heavy (non-hydrogen) atoms. The molecule has 2 amide bonds. The van der Waals surface area contributed by atoms with Crippen LogP contribution in [-0.4, -0.2) is 56.9 Å². The molecule has 1 aromatic rings. The van der Waals surface area contributed by atoms with E-state index in [9.17, 15) is 19.2 Å². The van der Waals surface area contributed by atoms with Crippen molar-refractivity contribution < 1.29 is 9.59 Å². The van der Waals surface area contributed by atoms with Crippen LogP contribution in [0.1, 0.15) is 42.6 Å². The highest BCUT2D eigenvalue weighted by Gasteiger charge is 2.50. The third-order valence-corrected chi connectivity index (χ3v) is 6.39. The monoisotopic (exact) mass is 374 g/mol. The summed E-state index contributed by atoms with van der Waals surface area (Å²) in [6.45, 7) is 2.51. The van der Waals surface area contributed by atoms with E-state index in [-0.39, 0.29) is 17.5 Å². The molecule has 1 atom stereocenters.